The molecule has 1 unspecified atom stereocenters. The predicted octanol–water partition coefficient (Wildman–Crippen LogP) is 0.299. The van der Waals surface area contributed by atoms with Gasteiger partial charge in [0.2, 0.25) is 0 Å². The Kier molecular flexibility index (Phi) is 4.95. The van der Waals surface area contributed by atoms with Gasteiger partial charge < -0.3 is 29.9 Å². The molecule has 0 saturated carbocycles. The topological polar surface area (TPSA) is 99.4 Å². The number of hydrogen-bond donors (Lipinski definition) is 4. The van der Waals surface area contributed by atoms with Gasteiger partial charge in [0.25, 0.3) is 0 Å². The fraction of sp³-hybridized carbons (Fsp3) is 0.571. The minimum absolute atomic E-state index is 0.158. The molecule has 112 valence electrons. The van der Waals surface area contributed by atoms with Gasteiger partial charge in [-0.05, 0) is 24.6 Å². The Morgan fingerprint density at radius 3 is 2.55 bits per heavy atom. The molecule has 2 rings (SSSR count). The van der Waals surface area contributed by atoms with Gasteiger partial charge in [0.05, 0.1) is 24.9 Å². The third-order valence-electron chi connectivity index (χ3n) is 3.41. The first-order valence-corrected chi connectivity index (χ1v) is 6.58. The van der Waals surface area contributed by atoms with Crippen LogP contribution in [0, 0.1) is 0 Å². The van der Waals surface area contributed by atoms with E-state index in [1.54, 1.807) is 31.2 Å². The van der Waals surface area contributed by atoms with Crippen LogP contribution >= 0.6 is 0 Å². The fourth-order valence-electron chi connectivity index (χ4n) is 2.17. The second-order valence-corrected chi connectivity index (χ2v) is 4.97. The number of aliphatic hydroxyl groups excluding tert-OH is 3. The molecule has 0 aromatic heterocycles. The van der Waals surface area contributed by atoms with Crippen molar-refractivity contribution in [1.29, 1.82) is 0 Å². The molecule has 20 heavy (non-hydrogen) atoms. The van der Waals surface area contributed by atoms with Crippen molar-refractivity contribution in [2.75, 3.05) is 6.61 Å². The monoisotopic (exact) mass is 284 g/mol. The summed E-state index contributed by atoms with van der Waals surface area (Å²) in [6.07, 6.45) is -3.91. The van der Waals surface area contributed by atoms with E-state index in [2.05, 4.69) is 0 Å². The molecule has 4 N–H and O–H groups in total. The Morgan fingerprint density at radius 1 is 1.30 bits per heavy atom. The summed E-state index contributed by atoms with van der Waals surface area (Å²) < 4.78 is 11.0. The summed E-state index contributed by atoms with van der Waals surface area (Å²) in [7, 11) is 0. The zero-order valence-electron chi connectivity index (χ0n) is 11.2. The number of benzene rings is 1. The summed E-state index contributed by atoms with van der Waals surface area (Å²) in [5.41, 5.74) is 0.805. The average molecular weight is 284 g/mol. The molecular weight excluding hydrogens is 264 g/mol. The van der Waals surface area contributed by atoms with Gasteiger partial charge in [-0.25, -0.2) is 0 Å². The zero-order chi connectivity index (χ0) is 14.7. The molecule has 0 spiro atoms. The minimum Gasteiger partial charge on any atom is -0.508 e. The van der Waals surface area contributed by atoms with E-state index in [1.807, 2.05) is 0 Å². The van der Waals surface area contributed by atoms with Crippen LogP contribution in [0.5, 0.6) is 5.75 Å². The number of hydrogen-bond acceptors (Lipinski definition) is 6. The van der Waals surface area contributed by atoms with Gasteiger partial charge in [-0.15, -0.1) is 0 Å². The molecule has 0 aliphatic carbocycles. The molecule has 1 aliphatic heterocycles. The highest BCUT2D eigenvalue weighted by Crippen LogP contribution is 2.27. The third kappa shape index (κ3) is 3.47. The summed E-state index contributed by atoms with van der Waals surface area (Å²) in [5.74, 6) is 0.158. The van der Waals surface area contributed by atoms with Gasteiger partial charge in [-0.3, -0.25) is 0 Å². The van der Waals surface area contributed by atoms with E-state index < -0.39 is 24.6 Å². The van der Waals surface area contributed by atoms with Crippen molar-refractivity contribution in [2.45, 2.75) is 44.1 Å². The molecule has 1 heterocycles. The lowest BCUT2D eigenvalue weighted by Crippen LogP contribution is -2.50. The molecule has 0 bridgehead atoms. The first-order valence-electron chi connectivity index (χ1n) is 6.58. The van der Waals surface area contributed by atoms with Crippen LogP contribution in [0.15, 0.2) is 24.3 Å². The van der Waals surface area contributed by atoms with Crippen LogP contribution in [-0.4, -0.2) is 51.6 Å². The van der Waals surface area contributed by atoms with Crippen molar-refractivity contribution < 1.29 is 29.9 Å². The summed E-state index contributed by atoms with van der Waals surface area (Å²) in [5, 5.41) is 37.9. The van der Waals surface area contributed by atoms with E-state index >= 15 is 0 Å². The van der Waals surface area contributed by atoms with Crippen LogP contribution in [0.2, 0.25) is 0 Å². The van der Waals surface area contributed by atoms with Crippen molar-refractivity contribution in [3.8, 4) is 5.75 Å². The van der Waals surface area contributed by atoms with Crippen LogP contribution in [0.1, 0.15) is 25.0 Å². The second-order valence-electron chi connectivity index (χ2n) is 4.97. The maximum atomic E-state index is 9.87. The van der Waals surface area contributed by atoms with Crippen LogP contribution in [0.25, 0.3) is 0 Å². The second kappa shape index (κ2) is 6.51. The number of aliphatic hydroxyl groups is 3. The lowest BCUT2D eigenvalue weighted by Gasteiger charge is -2.37. The van der Waals surface area contributed by atoms with E-state index in [0.29, 0.717) is 0 Å². The summed E-state index contributed by atoms with van der Waals surface area (Å²) in [6.45, 7) is 1.54. The van der Waals surface area contributed by atoms with Crippen LogP contribution in [0.4, 0.5) is 0 Å². The smallest absolute Gasteiger partial charge is 0.187 e. The molecule has 1 fully saturated rings. The van der Waals surface area contributed by atoms with Crippen molar-refractivity contribution >= 4 is 0 Å². The van der Waals surface area contributed by atoms with E-state index in [1.165, 1.54) is 0 Å². The summed E-state index contributed by atoms with van der Waals surface area (Å²) >= 11 is 0. The zero-order valence-corrected chi connectivity index (χ0v) is 11.2. The average Bonchev–Trinajstić information content (AvgIpc) is 2.44. The van der Waals surface area contributed by atoms with E-state index in [0.717, 1.165) is 5.56 Å². The molecule has 6 heteroatoms. The number of rotatable bonds is 4. The van der Waals surface area contributed by atoms with Gasteiger partial charge in [0.15, 0.2) is 6.29 Å². The first kappa shape index (κ1) is 15.2. The third-order valence-corrected chi connectivity index (χ3v) is 3.41. The van der Waals surface area contributed by atoms with Gasteiger partial charge in [-0.1, -0.05) is 12.1 Å². The van der Waals surface area contributed by atoms with Crippen molar-refractivity contribution in [3.63, 3.8) is 0 Å². The number of aromatic hydroxyl groups is 1. The Balaban J connectivity index is 2.01. The van der Waals surface area contributed by atoms with Crippen molar-refractivity contribution in [2.24, 2.45) is 0 Å². The molecule has 5 atom stereocenters. The van der Waals surface area contributed by atoms with Gasteiger partial charge in [0, 0.05) is 6.42 Å². The Bertz CT molecular complexity index is 420. The molecule has 1 aromatic rings. The highest BCUT2D eigenvalue weighted by atomic mass is 16.7. The van der Waals surface area contributed by atoms with Crippen LogP contribution < -0.4 is 0 Å². The van der Waals surface area contributed by atoms with Crippen LogP contribution in [0.3, 0.4) is 0 Å². The molecule has 1 aliphatic rings. The molecule has 0 radical (unpaired) electrons. The van der Waals surface area contributed by atoms with Crippen molar-refractivity contribution in [3.05, 3.63) is 29.8 Å². The lowest BCUT2D eigenvalue weighted by molar-refractivity contribution is -0.283. The molecule has 6 nitrogen and oxygen atoms in total. The predicted molar refractivity (Wildman–Crippen MR) is 70.0 cm³/mol. The van der Waals surface area contributed by atoms with E-state index in [-0.39, 0.29) is 24.9 Å². The highest BCUT2D eigenvalue weighted by Gasteiger charge is 2.38. The largest absolute Gasteiger partial charge is 0.508 e. The highest BCUT2D eigenvalue weighted by molar-refractivity contribution is 5.27. The van der Waals surface area contributed by atoms with Gasteiger partial charge in [-0.2, -0.15) is 0 Å². The van der Waals surface area contributed by atoms with E-state index in [4.69, 9.17) is 14.6 Å². The summed E-state index contributed by atoms with van der Waals surface area (Å²) in [6, 6.07) is 6.49. The molecule has 1 aromatic carbocycles. The Labute approximate surface area is 117 Å². The minimum atomic E-state index is -1.16. The van der Waals surface area contributed by atoms with Crippen molar-refractivity contribution in [1.82, 2.24) is 0 Å². The van der Waals surface area contributed by atoms with Gasteiger partial charge in [0.1, 0.15) is 11.9 Å². The fourth-order valence-corrected chi connectivity index (χ4v) is 2.17. The SMILES string of the molecule is CC(O[C@@H]1O[C@H](CO)C[C@H](O)[C@H]1O)c1ccc(O)cc1. The standard InChI is InChI=1S/C14H20O6/c1-8(9-2-4-10(16)5-3-9)19-14-13(18)12(17)6-11(7-15)20-14/h2-5,8,11-18H,6-7H2,1H3/t8?,11-,12-,13+,14+/m0/s1. The van der Waals surface area contributed by atoms with E-state index in [9.17, 15) is 15.3 Å². The first-order chi connectivity index (χ1) is 9.51. The number of phenols is 1. The Morgan fingerprint density at radius 2 is 1.95 bits per heavy atom. The number of ether oxygens (including phenoxy) is 2. The normalized spacial score (nSPS) is 32.0. The molecular formula is C14H20O6. The van der Waals surface area contributed by atoms with Gasteiger partial charge >= 0.3 is 0 Å². The maximum Gasteiger partial charge on any atom is 0.187 e. The molecule has 1 saturated heterocycles. The van der Waals surface area contributed by atoms with Crippen LogP contribution in [-0.2, 0) is 9.47 Å². The Hall–Kier alpha value is -1.18. The maximum absolute atomic E-state index is 9.87. The quantitative estimate of drug-likeness (QED) is 0.634. The summed E-state index contributed by atoms with van der Waals surface area (Å²) in [4.78, 5) is 0. The lowest BCUT2D eigenvalue weighted by atomic mass is 10.0. The molecule has 0 amide bonds. The number of phenolic OH excluding ortho intramolecular Hbond substituents is 1.